The summed E-state index contributed by atoms with van der Waals surface area (Å²) in [7, 11) is 0. The molecule has 1 aromatic carbocycles. The van der Waals surface area contributed by atoms with Gasteiger partial charge < -0.3 is 10.1 Å². The summed E-state index contributed by atoms with van der Waals surface area (Å²) >= 11 is 0. The van der Waals surface area contributed by atoms with Gasteiger partial charge in [0.25, 0.3) is 0 Å². The third-order valence-electron chi connectivity index (χ3n) is 4.10. The molecule has 1 unspecified atom stereocenters. The van der Waals surface area contributed by atoms with Gasteiger partial charge in [0.05, 0.1) is 6.10 Å². The first-order valence-electron chi connectivity index (χ1n) is 8.32. The second-order valence-electron chi connectivity index (χ2n) is 6.29. The van der Waals surface area contributed by atoms with Crippen molar-refractivity contribution in [2.24, 2.45) is 0 Å². The van der Waals surface area contributed by atoms with E-state index in [-0.39, 0.29) is 18.5 Å². The Bertz CT molecular complexity index is 604. The van der Waals surface area contributed by atoms with E-state index in [1.807, 2.05) is 32.3 Å². The lowest BCUT2D eigenvalue weighted by Crippen LogP contribution is -2.45. The van der Waals surface area contributed by atoms with Crippen molar-refractivity contribution in [2.75, 3.05) is 19.6 Å². The highest BCUT2D eigenvalue weighted by atomic mass is 35.5. The predicted molar refractivity (Wildman–Crippen MR) is 99.7 cm³/mol. The summed E-state index contributed by atoms with van der Waals surface area (Å²) in [6.45, 7) is 8.10. The molecule has 4 nitrogen and oxygen atoms in total. The molecular formula is C19H26ClN3O. The molecule has 5 heteroatoms. The van der Waals surface area contributed by atoms with Gasteiger partial charge in [-0.25, -0.2) is 0 Å². The number of nitrogens with zero attached hydrogens (tertiary/aromatic N) is 2. The zero-order chi connectivity index (χ0) is 16.1. The van der Waals surface area contributed by atoms with Crippen molar-refractivity contribution >= 4 is 12.4 Å². The molecule has 1 N–H and O–H groups in total. The third kappa shape index (κ3) is 4.94. The quantitative estimate of drug-likeness (QED) is 0.899. The summed E-state index contributed by atoms with van der Waals surface area (Å²) in [6, 6.07) is 13.0. The van der Waals surface area contributed by atoms with Gasteiger partial charge in [-0.1, -0.05) is 18.2 Å². The summed E-state index contributed by atoms with van der Waals surface area (Å²) in [5.41, 5.74) is 2.59. The van der Waals surface area contributed by atoms with Crippen LogP contribution in [0.5, 0.6) is 5.75 Å². The van der Waals surface area contributed by atoms with Gasteiger partial charge >= 0.3 is 0 Å². The number of hydrogen-bond acceptors (Lipinski definition) is 4. The molecular weight excluding hydrogens is 322 g/mol. The lowest BCUT2D eigenvalue weighted by atomic mass is 10.0. The Morgan fingerprint density at radius 2 is 2.04 bits per heavy atom. The number of aromatic nitrogens is 1. The van der Waals surface area contributed by atoms with Crippen LogP contribution in [0, 0.1) is 0 Å². The Morgan fingerprint density at radius 1 is 1.25 bits per heavy atom. The van der Waals surface area contributed by atoms with Crippen LogP contribution in [-0.2, 0) is 6.54 Å². The number of halogens is 1. The molecule has 0 radical (unpaired) electrons. The van der Waals surface area contributed by atoms with Gasteiger partial charge in [-0.3, -0.25) is 9.88 Å². The summed E-state index contributed by atoms with van der Waals surface area (Å²) < 4.78 is 5.72. The Hall–Kier alpha value is -1.62. The van der Waals surface area contributed by atoms with Crippen LogP contribution < -0.4 is 10.1 Å². The van der Waals surface area contributed by atoms with Crippen LogP contribution in [0.2, 0.25) is 0 Å². The van der Waals surface area contributed by atoms with Crippen LogP contribution in [0.3, 0.4) is 0 Å². The minimum Gasteiger partial charge on any atom is -0.491 e. The molecule has 2 aromatic rings. The highest BCUT2D eigenvalue weighted by Crippen LogP contribution is 2.24. The van der Waals surface area contributed by atoms with Crippen molar-refractivity contribution in [3.8, 4) is 5.75 Å². The van der Waals surface area contributed by atoms with Crippen molar-refractivity contribution in [3.05, 3.63) is 59.9 Å². The molecule has 130 valence electrons. The fourth-order valence-electron chi connectivity index (χ4n) is 3.02. The van der Waals surface area contributed by atoms with Crippen molar-refractivity contribution < 1.29 is 4.74 Å². The Kier molecular flexibility index (Phi) is 7.03. The third-order valence-corrected chi connectivity index (χ3v) is 4.10. The lowest BCUT2D eigenvalue weighted by molar-refractivity contribution is 0.153. The van der Waals surface area contributed by atoms with Crippen LogP contribution in [0.15, 0.2) is 48.8 Å². The van der Waals surface area contributed by atoms with Gasteiger partial charge in [-0.05, 0) is 43.2 Å². The molecule has 0 aliphatic carbocycles. The van der Waals surface area contributed by atoms with Crippen molar-refractivity contribution in [1.29, 1.82) is 0 Å². The number of benzene rings is 1. The number of nitrogens with one attached hydrogen (secondary N) is 1. The monoisotopic (exact) mass is 347 g/mol. The number of hydrogen-bond donors (Lipinski definition) is 1. The SMILES string of the molecule is CC(C)Oc1ccc(CN2CCNCC2c2cccnc2)cc1.Cl. The van der Waals surface area contributed by atoms with Crippen molar-refractivity contribution in [3.63, 3.8) is 0 Å². The minimum atomic E-state index is 0. The van der Waals surface area contributed by atoms with Crippen LogP contribution in [0.4, 0.5) is 0 Å². The zero-order valence-corrected chi connectivity index (χ0v) is 15.1. The summed E-state index contributed by atoms with van der Waals surface area (Å²) in [5.74, 6) is 0.938. The predicted octanol–water partition coefficient (Wildman–Crippen LogP) is 3.44. The van der Waals surface area contributed by atoms with E-state index in [4.69, 9.17) is 4.74 Å². The van der Waals surface area contributed by atoms with Crippen LogP contribution in [0.25, 0.3) is 0 Å². The smallest absolute Gasteiger partial charge is 0.119 e. The van der Waals surface area contributed by atoms with Crippen molar-refractivity contribution in [1.82, 2.24) is 15.2 Å². The number of ether oxygens (including phenoxy) is 1. The summed E-state index contributed by atoms with van der Waals surface area (Å²) in [5, 5.41) is 3.49. The lowest BCUT2D eigenvalue weighted by Gasteiger charge is -2.36. The zero-order valence-electron chi connectivity index (χ0n) is 14.3. The molecule has 1 aliphatic rings. The highest BCUT2D eigenvalue weighted by molar-refractivity contribution is 5.85. The highest BCUT2D eigenvalue weighted by Gasteiger charge is 2.23. The molecule has 0 bridgehead atoms. The van der Waals surface area contributed by atoms with Gasteiger partial charge in [-0.2, -0.15) is 0 Å². The van der Waals surface area contributed by atoms with E-state index in [0.29, 0.717) is 6.04 Å². The Morgan fingerprint density at radius 3 is 2.71 bits per heavy atom. The molecule has 1 fully saturated rings. The fourth-order valence-corrected chi connectivity index (χ4v) is 3.02. The molecule has 24 heavy (non-hydrogen) atoms. The van der Waals surface area contributed by atoms with Gasteiger partial charge in [0.15, 0.2) is 0 Å². The van der Waals surface area contributed by atoms with E-state index in [1.54, 1.807) is 0 Å². The average Bonchev–Trinajstić information content (AvgIpc) is 2.57. The van der Waals surface area contributed by atoms with Crippen molar-refractivity contribution in [2.45, 2.75) is 32.5 Å². The summed E-state index contributed by atoms with van der Waals surface area (Å²) in [4.78, 5) is 6.79. The van der Waals surface area contributed by atoms with E-state index < -0.39 is 0 Å². The average molecular weight is 348 g/mol. The number of rotatable bonds is 5. The van der Waals surface area contributed by atoms with E-state index in [0.717, 1.165) is 31.9 Å². The Balaban J connectivity index is 0.00000208. The first-order chi connectivity index (χ1) is 11.2. The second-order valence-corrected chi connectivity index (χ2v) is 6.29. The fraction of sp³-hybridized carbons (Fsp3) is 0.421. The van der Waals surface area contributed by atoms with E-state index in [2.05, 4.69) is 45.5 Å². The molecule has 0 saturated carbocycles. The second kappa shape index (κ2) is 9.02. The molecule has 3 rings (SSSR count). The first kappa shape index (κ1) is 18.7. The normalized spacial score (nSPS) is 18.2. The standard InChI is InChI=1S/C19H25N3O.ClH/c1-15(2)23-18-7-5-16(6-8-18)14-22-11-10-21-13-19(22)17-4-3-9-20-12-17;/h3-9,12,15,19,21H,10-11,13-14H2,1-2H3;1H. The van der Waals surface area contributed by atoms with Gasteiger partial charge in [0, 0.05) is 44.6 Å². The first-order valence-corrected chi connectivity index (χ1v) is 8.32. The van der Waals surface area contributed by atoms with E-state index in [9.17, 15) is 0 Å². The van der Waals surface area contributed by atoms with E-state index in [1.165, 1.54) is 11.1 Å². The molecule has 1 aliphatic heterocycles. The molecule has 2 heterocycles. The van der Waals surface area contributed by atoms with Gasteiger partial charge in [0.2, 0.25) is 0 Å². The summed E-state index contributed by atoms with van der Waals surface area (Å²) in [6.07, 6.45) is 4.02. The number of piperazine rings is 1. The van der Waals surface area contributed by atoms with Crippen LogP contribution in [-0.4, -0.2) is 35.6 Å². The van der Waals surface area contributed by atoms with Gasteiger partial charge in [-0.15, -0.1) is 12.4 Å². The molecule has 0 spiro atoms. The maximum absolute atomic E-state index is 5.72. The molecule has 0 amide bonds. The Labute approximate surface area is 150 Å². The molecule has 1 saturated heterocycles. The van der Waals surface area contributed by atoms with Crippen LogP contribution >= 0.6 is 12.4 Å². The maximum atomic E-state index is 5.72. The van der Waals surface area contributed by atoms with Crippen LogP contribution in [0.1, 0.15) is 31.0 Å². The molecule has 1 aromatic heterocycles. The molecule has 1 atom stereocenters. The largest absolute Gasteiger partial charge is 0.491 e. The minimum absolute atomic E-state index is 0. The topological polar surface area (TPSA) is 37.4 Å². The number of pyridine rings is 1. The maximum Gasteiger partial charge on any atom is 0.119 e. The van der Waals surface area contributed by atoms with E-state index >= 15 is 0 Å². The van der Waals surface area contributed by atoms with Gasteiger partial charge in [0.1, 0.15) is 5.75 Å².